The van der Waals surface area contributed by atoms with E-state index in [4.69, 9.17) is 11.5 Å². The van der Waals surface area contributed by atoms with Crippen LogP contribution in [-0.4, -0.2) is 0 Å². The lowest BCUT2D eigenvalue weighted by Gasteiger charge is -2.09. The Morgan fingerprint density at radius 2 is 1.41 bits per heavy atom. The minimum atomic E-state index is -0.438. The van der Waals surface area contributed by atoms with Gasteiger partial charge in [0.15, 0.2) is 0 Å². The van der Waals surface area contributed by atoms with Crippen molar-refractivity contribution in [2.24, 2.45) is 11.5 Å². The Kier molecular flexibility index (Phi) is 3.70. The molecule has 0 amide bonds. The smallest absolute Gasteiger partial charge is 0.0790 e. The molecule has 0 heterocycles. The van der Waals surface area contributed by atoms with E-state index < -0.39 is 6.17 Å². The maximum absolute atomic E-state index is 5.73. The standard InChI is InChI=1S/C15H16N2/c16-15(17)14-9-5-4-8-13(14)11-10-12-6-2-1-3-7-12/h1-11,15H,16-17H2/b11-10+. The van der Waals surface area contributed by atoms with Crippen LogP contribution in [-0.2, 0) is 0 Å². The van der Waals surface area contributed by atoms with Gasteiger partial charge < -0.3 is 11.5 Å². The van der Waals surface area contributed by atoms with E-state index in [1.807, 2.05) is 48.5 Å². The van der Waals surface area contributed by atoms with E-state index >= 15 is 0 Å². The molecule has 17 heavy (non-hydrogen) atoms. The maximum Gasteiger partial charge on any atom is 0.0790 e. The highest BCUT2D eigenvalue weighted by Crippen LogP contribution is 2.16. The zero-order valence-corrected chi connectivity index (χ0v) is 9.58. The van der Waals surface area contributed by atoms with Gasteiger partial charge in [-0.3, -0.25) is 0 Å². The fraction of sp³-hybridized carbons (Fsp3) is 0.0667. The molecule has 2 nitrogen and oxygen atoms in total. The molecule has 2 heteroatoms. The average Bonchev–Trinajstić information content (AvgIpc) is 2.38. The van der Waals surface area contributed by atoms with Gasteiger partial charge in [0, 0.05) is 0 Å². The number of rotatable bonds is 3. The summed E-state index contributed by atoms with van der Waals surface area (Å²) in [6, 6.07) is 18.0. The van der Waals surface area contributed by atoms with Gasteiger partial charge in [0.25, 0.3) is 0 Å². The van der Waals surface area contributed by atoms with Crippen molar-refractivity contribution in [1.82, 2.24) is 0 Å². The molecular weight excluding hydrogens is 208 g/mol. The van der Waals surface area contributed by atoms with E-state index in [2.05, 4.69) is 18.2 Å². The summed E-state index contributed by atoms with van der Waals surface area (Å²) >= 11 is 0. The van der Waals surface area contributed by atoms with Crippen LogP contribution in [0.4, 0.5) is 0 Å². The summed E-state index contributed by atoms with van der Waals surface area (Å²) in [7, 11) is 0. The van der Waals surface area contributed by atoms with Crippen LogP contribution < -0.4 is 11.5 Å². The van der Waals surface area contributed by atoms with Crippen LogP contribution in [0.25, 0.3) is 12.2 Å². The van der Waals surface area contributed by atoms with Gasteiger partial charge >= 0.3 is 0 Å². The Bertz CT molecular complexity index is 501. The molecule has 2 rings (SSSR count). The lowest BCUT2D eigenvalue weighted by Crippen LogP contribution is -2.20. The molecule has 86 valence electrons. The van der Waals surface area contributed by atoms with Crippen molar-refractivity contribution >= 4 is 12.2 Å². The van der Waals surface area contributed by atoms with Crippen LogP contribution in [0.15, 0.2) is 54.6 Å². The van der Waals surface area contributed by atoms with E-state index in [1.54, 1.807) is 0 Å². The second kappa shape index (κ2) is 5.43. The molecule has 0 fully saturated rings. The zero-order valence-electron chi connectivity index (χ0n) is 9.58. The highest BCUT2D eigenvalue weighted by atomic mass is 14.8. The van der Waals surface area contributed by atoms with Gasteiger partial charge in [-0.15, -0.1) is 0 Å². The van der Waals surface area contributed by atoms with E-state index in [-0.39, 0.29) is 0 Å². The van der Waals surface area contributed by atoms with Crippen molar-refractivity contribution in [2.75, 3.05) is 0 Å². The molecule has 0 aromatic heterocycles. The maximum atomic E-state index is 5.73. The Labute approximate surface area is 102 Å². The van der Waals surface area contributed by atoms with Crippen LogP contribution in [0.5, 0.6) is 0 Å². The Morgan fingerprint density at radius 3 is 2.12 bits per heavy atom. The van der Waals surface area contributed by atoms with Crippen LogP contribution in [0.3, 0.4) is 0 Å². The predicted molar refractivity (Wildman–Crippen MR) is 72.9 cm³/mol. The first-order valence-corrected chi connectivity index (χ1v) is 5.60. The molecule has 0 aliphatic carbocycles. The second-order valence-corrected chi connectivity index (χ2v) is 3.90. The molecule has 0 radical (unpaired) electrons. The summed E-state index contributed by atoms with van der Waals surface area (Å²) in [6.07, 6.45) is 3.66. The van der Waals surface area contributed by atoms with Crippen molar-refractivity contribution in [3.63, 3.8) is 0 Å². The zero-order chi connectivity index (χ0) is 12.1. The molecule has 0 spiro atoms. The van der Waals surface area contributed by atoms with Gasteiger partial charge in [0.1, 0.15) is 0 Å². The summed E-state index contributed by atoms with van der Waals surface area (Å²) in [6.45, 7) is 0. The average molecular weight is 224 g/mol. The number of nitrogens with two attached hydrogens (primary N) is 2. The Balaban J connectivity index is 2.27. The third kappa shape index (κ3) is 3.03. The van der Waals surface area contributed by atoms with Gasteiger partial charge in [0.05, 0.1) is 6.17 Å². The summed E-state index contributed by atoms with van der Waals surface area (Å²) in [4.78, 5) is 0. The Morgan fingerprint density at radius 1 is 0.765 bits per heavy atom. The molecule has 2 aromatic carbocycles. The number of hydrogen-bond donors (Lipinski definition) is 2. The molecule has 0 saturated carbocycles. The van der Waals surface area contributed by atoms with E-state index in [1.165, 1.54) is 0 Å². The second-order valence-electron chi connectivity index (χ2n) is 3.90. The van der Waals surface area contributed by atoms with Crippen molar-refractivity contribution < 1.29 is 0 Å². The summed E-state index contributed by atoms with van der Waals surface area (Å²) < 4.78 is 0. The first-order chi connectivity index (χ1) is 8.27. The normalized spacial score (nSPS) is 11.2. The summed E-state index contributed by atoms with van der Waals surface area (Å²) in [5.41, 5.74) is 14.6. The third-order valence-corrected chi connectivity index (χ3v) is 2.61. The van der Waals surface area contributed by atoms with E-state index in [0.717, 1.165) is 16.7 Å². The van der Waals surface area contributed by atoms with Crippen molar-refractivity contribution in [2.45, 2.75) is 6.17 Å². The fourth-order valence-corrected chi connectivity index (χ4v) is 1.72. The highest BCUT2D eigenvalue weighted by Gasteiger charge is 2.02. The van der Waals surface area contributed by atoms with Crippen molar-refractivity contribution in [3.8, 4) is 0 Å². The van der Waals surface area contributed by atoms with Gasteiger partial charge in [-0.2, -0.15) is 0 Å². The van der Waals surface area contributed by atoms with E-state index in [9.17, 15) is 0 Å². The Hall–Kier alpha value is -1.90. The predicted octanol–water partition coefficient (Wildman–Crippen LogP) is 2.77. The minimum Gasteiger partial charge on any atom is -0.312 e. The fourth-order valence-electron chi connectivity index (χ4n) is 1.72. The monoisotopic (exact) mass is 224 g/mol. The largest absolute Gasteiger partial charge is 0.312 e. The quantitative estimate of drug-likeness (QED) is 0.622. The number of hydrogen-bond acceptors (Lipinski definition) is 2. The van der Waals surface area contributed by atoms with Gasteiger partial charge in [-0.25, -0.2) is 0 Å². The molecular formula is C15H16N2. The summed E-state index contributed by atoms with van der Waals surface area (Å²) in [5.74, 6) is 0. The molecule has 0 unspecified atom stereocenters. The van der Waals surface area contributed by atoms with E-state index in [0.29, 0.717) is 0 Å². The molecule has 0 aliphatic rings. The first-order valence-electron chi connectivity index (χ1n) is 5.60. The highest BCUT2D eigenvalue weighted by molar-refractivity contribution is 5.71. The van der Waals surface area contributed by atoms with Crippen LogP contribution in [0, 0.1) is 0 Å². The minimum absolute atomic E-state index is 0.438. The lowest BCUT2D eigenvalue weighted by atomic mass is 10.0. The molecule has 0 bridgehead atoms. The molecule has 0 saturated heterocycles. The van der Waals surface area contributed by atoms with Crippen molar-refractivity contribution in [1.29, 1.82) is 0 Å². The topological polar surface area (TPSA) is 52.0 Å². The molecule has 4 N–H and O–H groups in total. The molecule has 2 aromatic rings. The van der Waals surface area contributed by atoms with Gasteiger partial charge in [0.2, 0.25) is 0 Å². The molecule has 0 aliphatic heterocycles. The lowest BCUT2D eigenvalue weighted by molar-refractivity contribution is 0.772. The number of benzene rings is 2. The third-order valence-electron chi connectivity index (χ3n) is 2.61. The van der Waals surface area contributed by atoms with Crippen LogP contribution in [0.1, 0.15) is 22.9 Å². The molecule has 0 atom stereocenters. The van der Waals surface area contributed by atoms with Crippen LogP contribution >= 0.6 is 0 Å². The van der Waals surface area contributed by atoms with Crippen molar-refractivity contribution in [3.05, 3.63) is 71.3 Å². The van der Waals surface area contributed by atoms with Gasteiger partial charge in [-0.1, -0.05) is 66.7 Å². The SMILES string of the molecule is NC(N)c1ccccc1/C=C/c1ccccc1. The van der Waals surface area contributed by atoms with Crippen LogP contribution in [0.2, 0.25) is 0 Å². The van der Waals surface area contributed by atoms with Gasteiger partial charge in [-0.05, 0) is 16.7 Å². The summed E-state index contributed by atoms with van der Waals surface area (Å²) in [5, 5.41) is 0. The first kappa shape index (κ1) is 11.6.